The maximum Gasteiger partial charge on any atom is 0.0220 e. The summed E-state index contributed by atoms with van der Waals surface area (Å²) in [7, 11) is 0. The van der Waals surface area contributed by atoms with Gasteiger partial charge in [0, 0.05) is 6.54 Å². The minimum absolute atomic E-state index is 0.602. The van der Waals surface area contributed by atoms with Gasteiger partial charge in [-0.3, -0.25) is 0 Å². The van der Waals surface area contributed by atoms with Gasteiger partial charge in [0.25, 0.3) is 0 Å². The molecule has 43 valence electrons. The highest BCUT2D eigenvalue weighted by atomic mass is 14.5. The normalized spacial score (nSPS) is 14.1. The molecular formula is C6H14N. The fraction of sp³-hybridized carbons (Fsp3) is 0.833. The monoisotopic (exact) mass is 100 g/mol. The van der Waals surface area contributed by atoms with Crippen LogP contribution in [0.5, 0.6) is 0 Å². The summed E-state index contributed by atoms with van der Waals surface area (Å²) in [5.74, 6) is 0.602. The van der Waals surface area contributed by atoms with Crippen molar-refractivity contribution in [2.75, 3.05) is 0 Å². The Labute approximate surface area is 45.9 Å². The van der Waals surface area contributed by atoms with Crippen LogP contribution in [-0.2, 0) is 0 Å². The summed E-state index contributed by atoms with van der Waals surface area (Å²) in [4.78, 5) is 0. The first-order chi connectivity index (χ1) is 3.31. The zero-order valence-electron chi connectivity index (χ0n) is 5.15. The molecule has 7 heavy (non-hydrogen) atoms. The summed E-state index contributed by atoms with van der Waals surface area (Å²) in [5, 5.41) is 0. The topological polar surface area (TPSA) is 26.0 Å². The lowest BCUT2D eigenvalue weighted by molar-refractivity contribution is 0.589. The molecule has 0 aliphatic carbocycles. The lowest BCUT2D eigenvalue weighted by atomic mass is 10.1. The van der Waals surface area contributed by atoms with Crippen LogP contribution in [0, 0.1) is 12.5 Å². The second-order valence-corrected chi connectivity index (χ2v) is 1.96. The van der Waals surface area contributed by atoms with Gasteiger partial charge in [-0.25, -0.2) is 0 Å². The fourth-order valence-electron chi connectivity index (χ4n) is 0.552. The average molecular weight is 100 g/mol. The van der Waals surface area contributed by atoms with E-state index in [2.05, 4.69) is 13.8 Å². The van der Waals surface area contributed by atoms with Gasteiger partial charge in [-0.15, -0.1) is 0 Å². The van der Waals surface area contributed by atoms with E-state index in [1.807, 2.05) is 0 Å². The Morgan fingerprint density at radius 1 is 1.71 bits per heavy atom. The van der Waals surface area contributed by atoms with E-state index < -0.39 is 0 Å². The van der Waals surface area contributed by atoms with Crippen LogP contribution in [0.2, 0.25) is 0 Å². The van der Waals surface area contributed by atoms with Crippen LogP contribution in [0.4, 0.5) is 0 Å². The molecule has 1 heteroatoms. The smallest absolute Gasteiger partial charge is 0.0220 e. The first-order valence-corrected chi connectivity index (χ1v) is 2.86. The van der Waals surface area contributed by atoms with Gasteiger partial charge in [0.1, 0.15) is 0 Å². The highest BCUT2D eigenvalue weighted by molar-refractivity contribution is 4.62. The molecule has 1 nitrogen and oxygen atoms in total. The maximum atomic E-state index is 5.23. The van der Waals surface area contributed by atoms with E-state index in [0.717, 1.165) is 0 Å². The van der Waals surface area contributed by atoms with Crippen LogP contribution in [0.15, 0.2) is 0 Å². The molecule has 0 aliphatic heterocycles. The predicted molar refractivity (Wildman–Crippen MR) is 32.6 cm³/mol. The number of rotatable bonds is 3. The molecule has 0 aromatic carbocycles. The minimum Gasteiger partial charge on any atom is -0.326 e. The van der Waals surface area contributed by atoms with Gasteiger partial charge >= 0.3 is 0 Å². The lowest BCUT2D eigenvalue weighted by Gasteiger charge is -2.01. The van der Waals surface area contributed by atoms with Crippen LogP contribution in [0.25, 0.3) is 0 Å². The molecule has 1 unspecified atom stereocenters. The number of hydrogen-bond acceptors (Lipinski definition) is 1. The van der Waals surface area contributed by atoms with Gasteiger partial charge in [0.2, 0.25) is 0 Å². The van der Waals surface area contributed by atoms with Crippen molar-refractivity contribution in [3.8, 4) is 0 Å². The second-order valence-electron chi connectivity index (χ2n) is 1.96. The van der Waals surface area contributed by atoms with E-state index in [1.165, 1.54) is 12.8 Å². The lowest BCUT2D eigenvalue weighted by Crippen LogP contribution is -2.01. The Bertz CT molecular complexity index is 35.2. The van der Waals surface area contributed by atoms with Crippen molar-refractivity contribution < 1.29 is 0 Å². The van der Waals surface area contributed by atoms with Crippen molar-refractivity contribution in [1.82, 2.24) is 0 Å². The molecule has 0 aromatic rings. The SMILES string of the molecule is CCCC(C)[CH]N. The molecule has 2 N–H and O–H groups in total. The molecule has 0 rings (SSSR count). The first-order valence-electron chi connectivity index (χ1n) is 2.86. The zero-order valence-corrected chi connectivity index (χ0v) is 5.15. The molecule has 0 saturated heterocycles. The van der Waals surface area contributed by atoms with Gasteiger partial charge in [-0.05, 0) is 12.3 Å². The Kier molecular flexibility index (Phi) is 4.10. The Balaban J connectivity index is 2.83. The van der Waals surface area contributed by atoms with E-state index in [4.69, 9.17) is 5.73 Å². The molecule has 0 fully saturated rings. The van der Waals surface area contributed by atoms with Crippen molar-refractivity contribution in [2.24, 2.45) is 11.7 Å². The van der Waals surface area contributed by atoms with E-state index in [1.54, 1.807) is 6.54 Å². The van der Waals surface area contributed by atoms with Crippen LogP contribution >= 0.6 is 0 Å². The number of nitrogens with two attached hydrogens (primary N) is 1. The quantitative estimate of drug-likeness (QED) is 0.572. The second kappa shape index (κ2) is 4.13. The van der Waals surface area contributed by atoms with Crippen LogP contribution < -0.4 is 5.73 Å². The third-order valence-corrected chi connectivity index (χ3v) is 1.07. The molecule has 0 spiro atoms. The summed E-state index contributed by atoms with van der Waals surface area (Å²) in [6.07, 6.45) is 2.45. The van der Waals surface area contributed by atoms with Gasteiger partial charge in [-0.1, -0.05) is 20.3 Å². The molecule has 0 aliphatic rings. The first kappa shape index (κ1) is 6.96. The molecule has 0 aromatic heterocycles. The maximum absolute atomic E-state index is 5.23. The van der Waals surface area contributed by atoms with Crippen LogP contribution in [-0.4, -0.2) is 0 Å². The third kappa shape index (κ3) is 3.80. The zero-order chi connectivity index (χ0) is 5.70. The third-order valence-electron chi connectivity index (χ3n) is 1.07. The van der Waals surface area contributed by atoms with Gasteiger partial charge in [-0.2, -0.15) is 0 Å². The molecule has 1 atom stereocenters. The fourth-order valence-corrected chi connectivity index (χ4v) is 0.552. The predicted octanol–water partition coefficient (Wildman–Crippen LogP) is 1.54. The van der Waals surface area contributed by atoms with Crippen LogP contribution in [0.1, 0.15) is 26.7 Å². The largest absolute Gasteiger partial charge is 0.326 e. The molecular weight excluding hydrogens is 86.1 g/mol. The van der Waals surface area contributed by atoms with E-state index >= 15 is 0 Å². The summed E-state index contributed by atoms with van der Waals surface area (Å²) in [6, 6.07) is 0. The van der Waals surface area contributed by atoms with Crippen molar-refractivity contribution in [1.29, 1.82) is 0 Å². The van der Waals surface area contributed by atoms with Gasteiger partial charge in [0.15, 0.2) is 0 Å². The molecule has 0 saturated carbocycles. The van der Waals surface area contributed by atoms with Gasteiger partial charge < -0.3 is 5.73 Å². The summed E-state index contributed by atoms with van der Waals surface area (Å²) in [6.45, 7) is 6.05. The summed E-state index contributed by atoms with van der Waals surface area (Å²) >= 11 is 0. The Morgan fingerprint density at radius 2 is 2.29 bits per heavy atom. The molecule has 0 amide bonds. The summed E-state index contributed by atoms with van der Waals surface area (Å²) in [5.41, 5.74) is 5.23. The Morgan fingerprint density at radius 3 is 2.43 bits per heavy atom. The molecule has 0 bridgehead atoms. The van der Waals surface area contributed by atoms with E-state index in [9.17, 15) is 0 Å². The standard InChI is InChI=1S/C6H14N/c1-3-4-6(2)5-7/h5-6H,3-4,7H2,1-2H3. The van der Waals surface area contributed by atoms with Crippen molar-refractivity contribution in [2.45, 2.75) is 26.7 Å². The minimum atomic E-state index is 0.602. The van der Waals surface area contributed by atoms with Gasteiger partial charge in [0.05, 0.1) is 0 Å². The van der Waals surface area contributed by atoms with Crippen LogP contribution in [0.3, 0.4) is 0 Å². The number of hydrogen-bond donors (Lipinski definition) is 1. The summed E-state index contributed by atoms with van der Waals surface area (Å²) < 4.78 is 0. The van der Waals surface area contributed by atoms with E-state index in [-0.39, 0.29) is 0 Å². The molecule has 1 radical (unpaired) electrons. The van der Waals surface area contributed by atoms with Crippen molar-refractivity contribution >= 4 is 0 Å². The average Bonchev–Trinajstić information content (AvgIpc) is 1.68. The van der Waals surface area contributed by atoms with E-state index in [0.29, 0.717) is 5.92 Å². The highest BCUT2D eigenvalue weighted by Crippen LogP contribution is 2.03. The molecule has 0 heterocycles. The van der Waals surface area contributed by atoms with Crippen molar-refractivity contribution in [3.05, 3.63) is 6.54 Å². The Hall–Kier alpha value is -0.0400. The highest BCUT2D eigenvalue weighted by Gasteiger charge is 1.93. The van der Waals surface area contributed by atoms with Crippen molar-refractivity contribution in [3.63, 3.8) is 0 Å².